The Morgan fingerprint density at radius 2 is 1.67 bits per heavy atom. The average molecular weight is 434 g/mol. The first-order valence-electron chi connectivity index (χ1n) is 9.29. The van der Waals surface area contributed by atoms with Gasteiger partial charge in [0.15, 0.2) is 5.69 Å². The number of benzene rings is 2. The third-order valence-corrected chi connectivity index (χ3v) is 5.37. The summed E-state index contributed by atoms with van der Waals surface area (Å²) in [5.41, 5.74) is 1.46. The Kier molecular flexibility index (Phi) is 6.55. The number of thioether (sulfide) groups is 1. The van der Waals surface area contributed by atoms with E-state index in [2.05, 4.69) is 10.2 Å². The predicted molar refractivity (Wildman–Crippen MR) is 111 cm³/mol. The van der Waals surface area contributed by atoms with Gasteiger partial charge in [-0.3, -0.25) is 9.89 Å². The third-order valence-electron chi connectivity index (χ3n) is 4.53. The fraction of sp³-hybridized carbons (Fsp3) is 0.273. The van der Waals surface area contributed by atoms with E-state index in [0.717, 1.165) is 10.5 Å². The van der Waals surface area contributed by atoms with Gasteiger partial charge in [0.05, 0.1) is 5.69 Å². The summed E-state index contributed by atoms with van der Waals surface area (Å²) in [6.45, 7) is 5.39. The number of hydrogen-bond acceptors (Lipinski definition) is 4. The molecule has 0 atom stereocenters. The van der Waals surface area contributed by atoms with Crippen molar-refractivity contribution in [2.24, 2.45) is 0 Å². The van der Waals surface area contributed by atoms with Crippen LogP contribution in [0.15, 0.2) is 53.4 Å². The Morgan fingerprint density at radius 3 is 2.20 bits per heavy atom. The summed E-state index contributed by atoms with van der Waals surface area (Å²) in [4.78, 5) is 11.7. The zero-order valence-electron chi connectivity index (χ0n) is 16.7. The second-order valence-corrected chi connectivity index (χ2v) is 8.01. The van der Waals surface area contributed by atoms with E-state index in [0.29, 0.717) is 16.8 Å². The minimum absolute atomic E-state index is 0.0260. The maximum atomic E-state index is 13.6. The number of esters is 1. The number of H-pyrrole nitrogens is 1. The van der Waals surface area contributed by atoms with E-state index in [1.807, 2.05) is 26.0 Å². The highest BCUT2D eigenvalue weighted by atomic mass is 32.2. The molecule has 30 heavy (non-hydrogen) atoms. The standard InChI is InChI=1S/C22H21F3N2O2S/c1-13(2)15-4-6-16(7-5-15)19-20(26-27-21(19)22(23,24)25)17-8-10-18(11-9-17)30-12-29-14(3)28/h4-11,13H,12H2,1-3H3,(H,26,27). The minimum atomic E-state index is -4.58. The lowest BCUT2D eigenvalue weighted by Crippen LogP contribution is -2.07. The number of alkyl halides is 3. The van der Waals surface area contributed by atoms with E-state index in [4.69, 9.17) is 4.74 Å². The van der Waals surface area contributed by atoms with Crippen molar-refractivity contribution in [3.8, 4) is 22.4 Å². The van der Waals surface area contributed by atoms with E-state index in [-0.39, 0.29) is 23.4 Å². The zero-order valence-corrected chi connectivity index (χ0v) is 17.5. The molecule has 0 saturated carbocycles. The van der Waals surface area contributed by atoms with E-state index in [9.17, 15) is 18.0 Å². The number of aromatic nitrogens is 2. The van der Waals surface area contributed by atoms with Crippen LogP contribution in [0.2, 0.25) is 0 Å². The van der Waals surface area contributed by atoms with Gasteiger partial charge in [-0.15, -0.1) is 0 Å². The Morgan fingerprint density at radius 1 is 1.07 bits per heavy atom. The van der Waals surface area contributed by atoms with Gasteiger partial charge in [-0.05, 0) is 29.2 Å². The van der Waals surface area contributed by atoms with Crippen LogP contribution in [0.5, 0.6) is 0 Å². The van der Waals surface area contributed by atoms with Crippen LogP contribution in [0.25, 0.3) is 22.4 Å². The lowest BCUT2D eigenvalue weighted by molar-refractivity contribution is -0.141. The molecule has 2 aromatic carbocycles. The van der Waals surface area contributed by atoms with Crippen molar-refractivity contribution in [2.45, 2.75) is 37.8 Å². The highest BCUT2D eigenvalue weighted by Gasteiger charge is 2.38. The topological polar surface area (TPSA) is 55.0 Å². The molecule has 1 aromatic heterocycles. The third kappa shape index (κ3) is 5.05. The summed E-state index contributed by atoms with van der Waals surface area (Å²) in [5, 5.41) is 6.14. The number of rotatable bonds is 6. The van der Waals surface area contributed by atoms with E-state index < -0.39 is 11.9 Å². The highest BCUT2D eigenvalue weighted by Crippen LogP contribution is 2.41. The Balaban J connectivity index is 1.97. The molecule has 0 fully saturated rings. The van der Waals surface area contributed by atoms with Crippen LogP contribution in [0.1, 0.15) is 37.9 Å². The van der Waals surface area contributed by atoms with Crippen molar-refractivity contribution in [3.63, 3.8) is 0 Å². The monoisotopic (exact) mass is 434 g/mol. The van der Waals surface area contributed by atoms with Gasteiger partial charge < -0.3 is 4.74 Å². The molecule has 1 N–H and O–H groups in total. The van der Waals surface area contributed by atoms with Crippen LogP contribution in [-0.4, -0.2) is 22.1 Å². The quantitative estimate of drug-likeness (QED) is 0.273. The van der Waals surface area contributed by atoms with Crippen molar-refractivity contribution >= 4 is 17.7 Å². The van der Waals surface area contributed by atoms with Crippen molar-refractivity contribution in [1.82, 2.24) is 10.2 Å². The molecule has 0 radical (unpaired) electrons. The molecule has 1 heterocycles. The van der Waals surface area contributed by atoms with Crippen molar-refractivity contribution in [1.29, 1.82) is 0 Å². The van der Waals surface area contributed by atoms with Crippen LogP contribution < -0.4 is 0 Å². The molecule has 0 aliphatic heterocycles. The van der Waals surface area contributed by atoms with Gasteiger partial charge in [0, 0.05) is 22.9 Å². The van der Waals surface area contributed by atoms with Crippen LogP contribution >= 0.6 is 11.8 Å². The molecule has 3 aromatic rings. The number of nitrogens with zero attached hydrogens (tertiary/aromatic N) is 1. The molecular weight excluding hydrogens is 413 g/mol. The van der Waals surface area contributed by atoms with Gasteiger partial charge in [-0.2, -0.15) is 18.3 Å². The van der Waals surface area contributed by atoms with Gasteiger partial charge in [0.2, 0.25) is 0 Å². The second kappa shape index (κ2) is 8.95. The van der Waals surface area contributed by atoms with Crippen molar-refractivity contribution < 1.29 is 22.7 Å². The summed E-state index contributed by atoms with van der Waals surface area (Å²) in [7, 11) is 0. The zero-order chi connectivity index (χ0) is 21.9. The first-order chi connectivity index (χ1) is 14.2. The van der Waals surface area contributed by atoms with Crippen LogP contribution in [0, 0.1) is 0 Å². The normalized spacial score (nSPS) is 11.7. The average Bonchev–Trinajstić information content (AvgIpc) is 3.14. The molecule has 0 aliphatic carbocycles. The van der Waals surface area contributed by atoms with Gasteiger partial charge >= 0.3 is 12.1 Å². The van der Waals surface area contributed by atoms with Gasteiger partial charge in [0.1, 0.15) is 5.94 Å². The van der Waals surface area contributed by atoms with Gasteiger partial charge in [-0.25, -0.2) is 0 Å². The number of halogens is 3. The Labute approximate surface area is 176 Å². The molecule has 0 saturated heterocycles. The van der Waals surface area contributed by atoms with Crippen molar-refractivity contribution in [3.05, 3.63) is 59.8 Å². The molecule has 4 nitrogen and oxygen atoms in total. The summed E-state index contributed by atoms with van der Waals surface area (Å²) in [6, 6.07) is 14.0. The van der Waals surface area contributed by atoms with Crippen LogP contribution in [-0.2, 0) is 15.7 Å². The number of ether oxygens (including phenoxy) is 1. The summed E-state index contributed by atoms with van der Waals surface area (Å²) in [5.74, 6) is 0.0797. The maximum absolute atomic E-state index is 13.6. The maximum Gasteiger partial charge on any atom is 0.435 e. The Hall–Kier alpha value is -2.74. The van der Waals surface area contributed by atoms with Crippen LogP contribution in [0.3, 0.4) is 0 Å². The molecule has 0 unspecified atom stereocenters. The SMILES string of the molecule is CC(=O)OCSc1ccc(-c2[nH]nc(C(F)(F)F)c2-c2ccc(C(C)C)cc2)cc1. The predicted octanol–water partition coefficient (Wildman–Crippen LogP) is 6.50. The first-order valence-corrected chi connectivity index (χ1v) is 10.3. The second-order valence-electron chi connectivity index (χ2n) is 7.02. The molecule has 3 rings (SSSR count). The molecule has 0 amide bonds. The number of aromatic amines is 1. The van der Waals surface area contributed by atoms with Crippen LogP contribution in [0.4, 0.5) is 13.2 Å². The number of nitrogens with one attached hydrogen (secondary N) is 1. The molecule has 0 aliphatic rings. The highest BCUT2D eigenvalue weighted by molar-refractivity contribution is 7.99. The largest absolute Gasteiger partial charge is 0.454 e. The van der Waals surface area contributed by atoms with E-state index >= 15 is 0 Å². The lowest BCUT2D eigenvalue weighted by Gasteiger charge is -2.11. The summed E-state index contributed by atoms with van der Waals surface area (Å²) < 4.78 is 45.7. The molecular formula is C22H21F3N2O2S. The molecule has 0 spiro atoms. The van der Waals surface area contributed by atoms with E-state index in [1.165, 1.54) is 18.7 Å². The molecule has 8 heteroatoms. The summed E-state index contributed by atoms with van der Waals surface area (Å²) in [6.07, 6.45) is -4.58. The van der Waals surface area contributed by atoms with Crippen molar-refractivity contribution in [2.75, 3.05) is 5.94 Å². The first kappa shape index (κ1) is 22.0. The molecule has 0 bridgehead atoms. The number of carbonyl (C=O) groups excluding carboxylic acids is 1. The Bertz CT molecular complexity index is 1010. The number of hydrogen-bond donors (Lipinski definition) is 1. The summed E-state index contributed by atoms with van der Waals surface area (Å²) >= 11 is 1.32. The fourth-order valence-corrected chi connectivity index (χ4v) is 3.66. The van der Waals surface area contributed by atoms with Gasteiger partial charge in [-0.1, -0.05) is 62.0 Å². The lowest BCUT2D eigenvalue weighted by atomic mass is 9.95. The smallest absolute Gasteiger partial charge is 0.435 e. The van der Waals surface area contributed by atoms with Gasteiger partial charge in [0.25, 0.3) is 0 Å². The fourth-order valence-electron chi connectivity index (χ4n) is 2.97. The number of carbonyl (C=O) groups is 1. The van der Waals surface area contributed by atoms with E-state index in [1.54, 1.807) is 36.4 Å². The molecule has 158 valence electrons. The minimum Gasteiger partial charge on any atom is -0.454 e.